The lowest BCUT2D eigenvalue weighted by Gasteiger charge is -2.23. The van der Waals surface area contributed by atoms with Crippen molar-refractivity contribution in [3.63, 3.8) is 0 Å². The summed E-state index contributed by atoms with van der Waals surface area (Å²) in [6.07, 6.45) is 6.81. The van der Waals surface area contributed by atoms with Gasteiger partial charge in [-0.05, 0) is 57.5 Å². The van der Waals surface area contributed by atoms with E-state index in [2.05, 4.69) is 5.32 Å². The number of rotatable bonds is 4. The molecule has 2 rings (SSSR count). The molecule has 1 saturated carbocycles. The minimum atomic E-state index is -0.200. The molecule has 15 heavy (non-hydrogen) atoms. The molecule has 2 aliphatic rings. The van der Waals surface area contributed by atoms with E-state index in [1.165, 1.54) is 19.4 Å². The summed E-state index contributed by atoms with van der Waals surface area (Å²) in [6, 6.07) is 0. The highest BCUT2D eigenvalue weighted by molar-refractivity contribution is 4.77. The van der Waals surface area contributed by atoms with Gasteiger partial charge in [0.15, 0.2) is 0 Å². The normalized spacial score (nSPS) is 37.0. The fourth-order valence-corrected chi connectivity index (χ4v) is 2.66. The van der Waals surface area contributed by atoms with Crippen LogP contribution in [0.1, 0.15) is 38.5 Å². The summed E-state index contributed by atoms with van der Waals surface area (Å²) < 4.78 is 5.74. The Morgan fingerprint density at radius 3 is 2.80 bits per heavy atom. The Labute approximate surface area is 92.2 Å². The predicted octanol–water partition coefficient (Wildman–Crippen LogP) is 1.31. The molecule has 3 nitrogen and oxygen atoms in total. The van der Waals surface area contributed by atoms with Crippen LogP contribution in [0, 0.1) is 5.92 Å². The number of piperidine rings is 1. The Kier molecular flexibility index (Phi) is 4.42. The second-order valence-corrected chi connectivity index (χ2v) is 4.91. The van der Waals surface area contributed by atoms with Gasteiger partial charge in [0.1, 0.15) is 0 Å². The van der Waals surface area contributed by atoms with Crippen LogP contribution in [0.25, 0.3) is 0 Å². The average Bonchev–Trinajstić information content (AvgIpc) is 2.66. The van der Waals surface area contributed by atoms with E-state index in [4.69, 9.17) is 4.74 Å². The first kappa shape index (κ1) is 11.4. The first-order valence-corrected chi connectivity index (χ1v) is 6.36. The maximum atomic E-state index is 9.59. The molecular formula is C12H23NO2. The van der Waals surface area contributed by atoms with Gasteiger partial charge in [0.2, 0.25) is 0 Å². The van der Waals surface area contributed by atoms with Crippen LogP contribution in [0.2, 0.25) is 0 Å². The highest BCUT2D eigenvalue weighted by Crippen LogP contribution is 2.23. The van der Waals surface area contributed by atoms with Crippen molar-refractivity contribution >= 4 is 0 Å². The Morgan fingerprint density at radius 1 is 1.20 bits per heavy atom. The van der Waals surface area contributed by atoms with E-state index in [0.29, 0.717) is 0 Å². The van der Waals surface area contributed by atoms with E-state index in [-0.39, 0.29) is 12.2 Å². The summed E-state index contributed by atoms with van der Waals surface area (Å²) in [4.78, 5) is 0. The summed E-state index contributed by atoms with van der Waals surface area (Å²) in [5.41, 5.74) is 0. The molecule has 3 atom stereocenters. The van der Waals surface area contributed by atoms with Crippen LogP contribution in [0.5, 0.6) is 0 Å². The van der Waals surface area contributed by atoms with Crippen molar-refractivity contribution in [2.45, 2.75) is 50.7 Å². The molecular weight excluding hydrogens is 190 g/mol. The third kappa shape index (κ3) is 3.44. The van der Waals surface area contributed by atoms with Gasteiger partial charge in [-0.15, -0.1) is 0 Å². The van der Waals surface area contributed by atoms with Crippen LogP contribution in [0.4, 0.5) is 0 Å². The summed E-state index contributed by atoms with van der Waals surface area (Å²) in [5, 5.41) is 13.0. The van der Waals surface area contributed by atoms with Gasteiger partial charge in [-0.2, -0.15) is 0 Å². The standard InChI is InChI=1S/C12H23NO2/c14-11-4-1-5-12(11)15-8-6-10-3-2-7-13-9-10/h10-14H,1-9H2. The van der Waals surface area contributed by atoms with Gasteiger partial charge in [0.25, 0.3) is 0 Å². The Hall–Kier alpha value is -0.120. The SMILES string of the molecule is OC1CCCC1OCCC1CCCNC1. The third-order valence-corrected chi connectivity index (χ3v) is 3.67. The van der Waals surface area contributed by atoms with E-state index in [9.17, 15) is 5.11 Å². The Bertz CT molecular complexity index is 180. The van der Waals surface area contributed by atoms with E-state index in [1.807, 2.05) is 0 Å². The van der Waals surface area contributed by atoms with E-state index in [1.54, 1.807) is 0 Å². The number of aliphatic hydroxyl groups excluding tert-OH is 1. The first-order chi connectivity index (χ1) is 7.36. The van der Waals surface area contributed by atoms with Crippen LogP contribution in [-0.2, 0) is 4.74 Å². The van der Waals surface area contributed by atoms with Crippen LogP contribution in [0.3, 0.4) is 0 Å². The fourth-order valence-electron chi connectivity index (χ4n) is 2.66. The molecule has 0 bridgehead atoms. The highest BCUT2D eigenvalue weighted by atomic mass is 16.5. The van der Waals surface area contributed by atoms with Crippen molar-refractivity contribution in [1.29, 1.82) is 0 Å². The molecule has 1 saturated heterocycles. The quantitative estimate of drug-likeness (QED) is 0.740. The topological polar surface area (TPSA) is 41.5 Å². The molecule has 1 aliphatic carbocycles. The molecule has 3 heteroatoms. The molecule has 1 aliphatic heterocycles. The summed E-state index contributed by atoms with van der Waals surface area (Å²) >= 11 is 0. The second-order valence-electron chi connectivity index (χ2n) is 4.91. The predicted molar refractivity (Wildman–Crippen MR) is 59.8 cm³/mol. The minimum Gasteiger partial charge on any atom is -0.390 e. The van der Waals surface area contributed by atoms with E-state index >= 15 is 0 Å². The van der Waals surface area contributed by atoms with Gasteiger partial charge in [0.05, 0.1) is 12.2 Å². The zero-order valence-electron chi connectivity index (χ0n) is 9.45. The smallest absolute Gasteiger partial charge is 0.0833 e. The minimum absolute atomic E-state index is 0.126. The van der Waals surface area contributed by atoms with Crippen molar-refractivity contribution in [2.75, 3.05) is 19.7 Å². The third-order valence-electron chi connectivity index (χ3n) is 3.67. The van der Waals surface area contributed by atoms with Crippen LogP contribution in [-0.4, -0.2) is 37.0 Å². The molecule has 3 unspecified atom stereocenters. The maximum Gasteiger partial charge on any atom is 0.0833 e. The number of aliphatic hydroxyl groups is 1. The van der Waals surface area contributed by atoms with Crippen molar-refractivity contribution in [3.8, 4) is 0 Å². The summed E-state index contributed by atoms with van der Waals surface area (Å²) in [7, 11) is 0. The number of hydrogen-bond donors (Lipinski definition) is 2. The number of nitrogens with one attached hydrogen (secondary N) is 1. The van der Waals surface area contributed by atoms with Crippen LogP contribution < -0.4 is 5.32 Å². The van der Waals surface area contributed by atoms with Gasteiger partial charge < -0.3 is 15.2 Å². The van der Waals surface area contributed by atoms with Gasteiger partial charge in [0, 0.05) is 6.61 Å². The second kappa shape index (κ2) is 5.83. The molecule has 2 fully saturated rings. The first-order valence-electron chi connectivity index (χ1n) is 6.36. The zero-order valence-corrected chi connectivity index (χ0v) is 9.45. The molecule has 0 aromatic heterocycles. The lowest BCUT2D eigenvalue weighted by Crippen LogP contribution is -2.31. The van der Waals surface area contributed by atoms with Crippen LogP contribution in [0.15, 0.2) is 0 Å². The van der Waals surface area contributed by atoms with Crippen molar-refractivity contribution in [1.82, 2.24) is 5.32 Å². The largest absolute Gasteiger partial charge is 0.390 e. The molecule has 0 radical (unpaired) electrons. The van der Waals surface area contributed by atoms with Crippen molar-refractivity contribution in [2.24, 2.45) is 5.92 Å². The Balaban J connectivity index is 1.57. The molecule has 0 spiro atoms. The monoisotopic (exact) mass is 213 g/mol. The van der Waals surface area contributed by atoms with Gasteiger partial charge >= 0.3 is 0 Å². The van der Waals surface area contributed by atoms with E-state index < -0.39 is 0 Å². The van der Waals surface area contributed by atoms with Gasteiger partial charge in [-0.25, -0.2) is 0 Å². The van der Waals surface area contributed by atoms with Crippen LogP contribution >= 0.6 is 0 Å². The lowest BCUT2D eigenvalue weighted by atomic mass is 9.97. The number of hydrogen-bond acceptors (Lipinski definition) is 3. The zero-order chi connectivity index (χ0) is 10.5. The van der Waals surface area contributed by atoms with E-state index in [0.717, 1.165) is 44.8 Å². The molecule has 2 N–H and O–H groups in total. The fraction of sp³-hybridized carbons (Fsp3) is 1.00. The Morgan fingerprint density at radius 2 is 2.13 bits per heavy atom. The molecule has 0 amide bonds. The summed E-state index contributed by atoms with van der Waals surface area (Å²) in [5.74, 6) is 0.789. The summed E-state index contributed by atoms with van der Waals surface area (Å²) in [6.45, 7) is 3.16. The molecule has 0 aromatic rings. The van der Waals surface area contributed by atoms with Gasteiger partial charge in [-0.1, -0.05) is 0 Å². The van der Waals surface area contributed by atoms with Gasteiger partial charge in [-0.3, -0.25) is 0 Å². The molecule has 1 heterocycles. The average molecular weight is 213 g/mol. The number of ether oxygens (including phenoxy) is 1. The lowest BCUT2D eigenvalue weighted by molar-refractivity contribution is -0.0235. The molecule has 88 valence electrons. The highest BCUT2D eigenvalue weighted by Gasteiger charge is 2.25. The van der Waals surface area contributed by atoms with Crippen molar-refractivity contribution in [3.05, 3.63) is 0 Å². The molecule has 0 aromatic carbocycles. The maximum absolute atomic E-state index is 9.59. The van der Waals surface area contributed by atoms with Crippen molar-refractivity contribution < 1.29 is 9.84 Å².